The molecule has 0 radical (unpaired) electrons. The van der Waals surface area contributed by atoms with Gasteiger partial charge in [-0.3, -0.25) is 4.79 Å². The van der Waals surface area contributed by atoms with Crippen LogP contribution in [0, 0.1) is 16.7 Å². The third kappa shape index (κ3) is 3.97. The molecule has 0 amide bonds. The molecule has 1 atom stereocenters. The summed E-state index contributed by atoms with van der Waals surface area (Å²) >= 11 is 0. The highest BCUT2D eigenvalue weighted by Crippen LogP contribution is 2.49. The molecule has 7 nitrogen and oxygen atoms in total. The van der Waals surface area contributed by atoms with E-state index in [0.717, 1.165) is 0 Å². The molecule has 2 aliphatic rings. The lowest BCUT2D eigenvalue weighted by Gasteiger charge is -2.38. The molecule has 0 unspecified atom stereocenters. The number of hydrogen-bond acceptors (Lipinski definition) is 7. The molecule has 0 spiro atoms. The quantitative estimate of drug-likeness (QED) is 0.761. The van der Waals surface area contributed by atoms with Crippen molar-refractivity contribution in [3.8, 4) is 11.8 Å². The Morgan fingerprint density at radius 1 is 1.34 bits per heavy atom. The van der Waals surface area contributed by atoms with Crippen molar-refractivity contribution in [2.24, 2.45) is 11.1 Å². The lowest BCUT2D eigenvalue weighted by Crippen LogP contribution is -2.35. The zero-order valence-electron chi connectivity index (χ0n) is 16.8. The molecule has 1 aromatic carbocycles. The van der Waals surface area contributed by atoms with E-state index >= 15 is 0 Å². The van der Waals surface area contributed by atoms with Crippen LogP contribution in [0.25, 0.3) is 0 Å². The molecule has 1 aliphatic carbocycles. The molecule has 0 saturated heterocycles. The van der Waals surface area contributed by atoms with E-state index < -0.39 is 11.9 Å². The molecular formula is C22H24N2O5. The number of hydrogen-bond donors (Lipinski definition) is 1. The maximum Gasteiger partial charge on any atom is 0.340 e. The number of esters is 1. The molecule has 29 heavy (non-hydrogen) atoms. The minimum atomic E-state index is -0.781. The van der Waals surface area contributed by atoms with Gasteiger partial charge in [-0.25, -0.2) is 4.79 Å². The van der Waals surface area contributed by atoms with Gasteiger partial charge >= 0.3 is 5.97 Å². The van der Waals surface area contributed by atoms with Crippen LogP contribution in [0.5, 0.6) is 5.75 Å². The van der Waals surface area contributed by atoms with E-state index in [4.69, 9.17) is 25.2 Å². The lowest BCUT2D eigenvalue weighted by molar-refractivity contribution is -0.139. The summed E-state index contributed by atoms with van der Waals surface area (Å²) in [5.41, 5.74) is 6.91. The first kappa shape index (κ1) is 20.5. The fraction of sp³-hybridized carbons (Fsp3) is 0.409. The Morgan fingerprint density at radius 2 is 2.07 bits per heavy atom. The van der Waals surface area contributed by atoms with Crippen molar-refractivity contribution in [2.75, 3.05) is 13.2 Å². The van der Waals surface area contributed by atoms with Gasteiger partial charge in [-0.05, 0) is 18.4 Å². The number of nitriles is 1. The van der Waals surface area contributed by atoms with Gasteiger partial charge < -0.3 is 19.9 Å². The van der Waals surface area contributed by atoms with Crippen LogP contribution < -0.4 is 10.5 Å². The number of Topliss-reactive ketones (excluding diaryl/α,β-unsaturated/α-hetero) is 1. The molecule has 1 aliphatic heterocycles. The van der Waals surface area contributed by atoms with Crippen molar-refractivity contribution in [3.05, 3.63) is 52.6 Å². The zero-order chi connectivity index (χ0) is 21.2. The number of rotatable bonds is 5. The molecule has 0 saturated carbocycles. The van der Waals surface area contributed by atoms with E-state index in [1.54, 1.807) is 31.2 Å². The maximum absolute atomic E-state index is 13.1. The van der Waals surface area contributed by atoms with E-state index in [1.165, 1.54) is 0 Å². The Morgan fingerprint density at radius 3 is 2.76 bits per heavy atom. The molecule has 2 N–H and O–H groups in total. The Hall–Kier alpha value is -3.27. The first-order valence-electron chi connectivity index (χ1n) is 9.48. The highest BCUT2D eigenvalue weighted by Gasteiger charge is 2.45. The topological polar surface area (TPSA) is 112 Å². The van der Waals surface area contributed by atoms with Crippen LogP contribution in [0.4, 0.5) is 0 Å². The summed E-state index contributed by atoms with van der Waals surface area (Å²) in [7, 11) is 0. The number of nitrogens with zero attached hydrogens (tertiary/aromatic N) is 1. The first-order valence-corrected chi connectivity index (χ1v) is 9.48. The van der Waals surface area contributed by atoms with E-state index in [2.05, 4.69) is 0 Å². The summed E-state index contributed by atoms with van der Waals surface area (Å²) in [5.74, 6) is -0.735. The van der Waals surface area contributed by atoms with Crippen molar-refractivity contribution in [2.45, 2.75) is 39.5 Å². The molecule has 0 bridgehead atoms. The summed E-state index contributed by atoms with van der Waals surface area (Å²) in [6, 6.07) is 8.92. The van der Waals surface area contributed by atoms with Gasteiger partial charge in [0.1, 0.15) is 23.2 Å². The molecule has 1 aromatic rings. The molecule has 0 aromatic heterocycles. The fourth-order valence-corrected chi connectivity index (χ4v) is 3.86. The van der Waals surface area contributed by atoms with Crippen LogP contribution in [-0.4, -0.2) is 25.0 Å². The third-order valence-electron chi connectivity index (χ3n) is 4.97. The lowest BCUT2D eigenvalue weighted by atomic mass is 9.70. The summed E-state index contributed by atoms with van der Waals surface area (Å²) in [6.07, 6.45) is 0.839. The summed E-state index contributed by atoms with van der Waals surface area (Å²) in [6.45, 7) is 5.65. The van der Waals surface area contributed by atoms with Crippen molar-refractivity contribution in [1.29, 1.82) is 5.26 Å². The Bertz CT molecular complexity index is 952. The first-order chi connectivity index (χ1) is 13.8. The number of nitrogens with two attached hydrogens (primary N) is 1. The second-order valence-corrected chi connectivity index (χ2v) is 7.80. The van der Waals surface area contributed by atoms with Gasteiger partial charge in [-0.1, -0.05) is 32.0 Å². The van der Waals surface area contributed by atoms with Gasteiger partial charge in [0.2, 0.25) is 5.88 Å². The Kier molecular flexibility index (Phi) is 5.64. The number of ether oxygens (including phenoxy) is 3. The Balaban J connectivity index is 2.20. The number of ketones is 1. The van der Waals surface area contributed by atoms with Gasteiger partial charge in [-0.15, -0.1) is 0 Å². The summed E-state index contributed by atoms with van der Waals surface area (Å²) in [4.78, 5) is 25.9. The average Bonchev–Trinajstić information content (AvgIpc) is 2.64. The summed E-state index contributed by atoms with van der Waals surface area (Å²) < 4.78 is 16.5. The third-order valence-corrected chi connectivity index (χ3v) is 4.97. The highest BCUT2D eigenvalue weighted by molar-refractivity contribution is 6.03. The minimum Gasteiger partial charge on any atom is -0.478 e. The molecular weight excluding hydrogens is 372 g/mol. The van der Waals surface area contributed by atoms with Crippen LogP contribution in [0.3, 0.4) is 0 Å². The van der Waals surface area contributed by atoms with Gasteiger partial charge in [0.25, 0.3) is 0 Å². The maximum atomic E-state index is 13.1. The van der Waals surface area contributed by atoms with Crippen molar-refractivity contribution in [1.82, 2.24) is 0 Å². The second kappa shape index (κ2) is 8.00. The van der Waals surface area contributed by atoms with Crippen molar-refractivity contribution >= 4 is 11.8 Å². The van der Waals surface area contributed by atoms with E-state index in [0.29, 0.717) is 35.5 Å². The van der Waals surface area contributed by atoms with Gasteiger partial charge in [0, 0.05) is 24.0 Å². The fourth-order valence-electron chi connectivity index (χ4n) is 3.86. The zero-order valence-corrected chi connectivity index (χ0v) is 16.8. The minimum absolute atomic E-state index is 0.0756. The van der Waals surface area contributed by atoms with Gasteiger partial charge in [0.15, 0.2) is 12.4 Å². The molecule has 0 fully saturated rings. The number of carbonyl (C=O) groups excluding carboxylic acids is 2. The van der Waals surface area contributed by atoms with Crippen LogP contribution in [-0.2, 0) is 19.1 Å². The molecule has 152 valence electrons. The van der Waals surface area contributed by atoms with E-state index in [1.807, 2.05) is 19.9 Å². The second-order valence-electron chi connectivity index (χ2n) is 7.80. The van der Waals surface area contributed by atoms with E-state index in [9.17, 15) is 9.59 Å². The monoisotopic (exact) mass is 396 g/mol. The average molecular weight is 396 g/mol. The SMILES string of the molecule is CCOC(=O)C1=C(N)OC2=C(C(=O)CC(C)(C)C2)[C@H]1c1ccccc1OCC#N. The molecule has 3 rings (SSSR count). The van der Waals surface area contributed by atoms with Crippen LogP contribution in [0.2, 0.25) is 0 Å². The largest absolute Gasteiger partial charge is 0.478 e. The predicted molar refractivity (Wildman–Crippen MR) is 104 cm³/mol. The summed E-state index contributed by atoms with van der Waals surface area (Å²) in [5, 5.41) is 8.91. The highest BCUT2D eigenvalue weighted by atomic mass is 16.5. The van der Waals surface area contributed by atoms with Crippen LogP contribution in [0.1, 0.15) is 45.1 Å². The normalized spacial score (nSPS) is 20.5. The predicted octanol–water partition coefficient (Wildman–Crippen LogP) is 3.08. The number of benzene rings is 1. The van der Waals surface area contributed by atoms with Gasteiger partial charge in [0.05, 0.1) is 12.5 Å². The smallest absolute Gasteiger partial charge is 0.340 e. The Labute approximate surface area is 169 Å². The standard InChI is InChI=1S/C22H24N2O5/c1-4-27-21(26)19-17(13-7-5-6-8-15(13)28-10-9-23)18-14(25)11-22(2,3)12-16(18)29-20(19)24/h5-8,17H,4,10-12,24H2,1-3H3/t17-/m1/s1. The molecule has 7 heteroatoms. The van der Waals surface area contributed by atoms with Crippen molar-refractivity contribution < 1.29 is 23.8 Å². The van der Waals surface area contributed by atoms with Gasteiger partial charge in [-0.2, -0.15) is 5.26 Å². The van der Waals surface area contributed by atoms with Crippen molar-refractivity contribution in [3.63, 3.8) is 0 Å². The molecule has 1 heterocycles. The number of para-hydroxylation sites is 1. The van der Waals surface area contributed by atoms with Crippen LogP contribution >= 0.6 is 0 Å². The van der Waals surface area contributed by atoms with Crippen LogP contribution in [0.15, 0.2) is 47.1 Å². The number of allylic oxidation sites excluding steroid dienone is 2. The van der Waals surface area contributed by atoms with E-state index in [-0.39, 0.29) is 35.9 Å². The number of carbonyl (C=O) groups is 2.